The van der Waals surface area contributed by atoms with Gasteiger partial charge in [-0.2, -0.15) is 5.10 Å². The third kappa shape index (κ3) is 3.40. The maximum Gasteiger partial charge on any atom is 0.289 e. The van der Waals surface area contributed by atoms with E-state index in [1.807, 2.05) is 59.1 Å². The molecular formula is C22H21N5O2. The molecule has 7 heteroatoms. The lowest BCUT2D eigenvalue weighted by molar-refractivity contribution is 0.0671. The number of pyridine rings is 2. The van der Waals surface area contributed by atoms with Gasteiger partial charge in [0.15, 0.2) is 17.2 Å². The van der Waals surface area contributed by atoms with Crippen molar-refractivity contribution in [1.82, 2.24) is 24.5 Å². The Morgan fingerprint density at radius 2 is 2.10 bits per heavy atom. The van der Waals surface area contributed by atoms with E-state index in [1.54, 1.807) is 12.3 Å². The van der Waals surface area contributed by atoms with Gasteiger partial charge in [-0.25, -0.2) is 9.50 Å². The molecule has 146 valence electrons. The van der Waals surface area contributed by atoms with Crippen molar-refractivity contribution >= 4 is 11.6 Å². The highest BCUT2D eigenvalue weighted by molar-refractivity contribution is 5.91. The monoisotopic (exact) mass is 387 g/mol. The fraction of sp³-hybridized carbons (Fsp3) is 0.273. The normalized spacial score (nSPS) is 17.0. The number of amides is 1. The number of nitrogens with zero attached hydrogens (tertiary/aromatic N) is 5. The van der Waals surface area contributed by atoms with Crippen molar-refractivity contribution in [3.63, 3.8) is 0 Å². The molecule has 0 N–H and O–H groups in total. The molecule has 1 fully saturated rings. The van der Waals surface area contributed by atoms with Crippen molar-refractivity contribution in [3.8, 4) is 11.1 Å². The second kappa shape index (κ2) is 7.16. The van der Waals surface area contributed by atoms with Gasteiger partial charge in [0, 0.05) is 48.7 Å². The van der Waals surface area contributed by atoms with E-state index in [0.29, 0.717) is 12.3 Å². The lowest BCUT2D eigenvalue weighted by atomic mass is 9.97. The van der Waals surface area contributed by atoms with Gasteiger partial charge in [0.2, 0.25) is 0 Å². The van der Waals surface area contributed by atoms with Crippen LogP contribution in [0.25, 0.3) is 16.8 Å². The number of carbonyl (C=O) groups is 1. The summed E-state index contributed by atoms with van der Waals surface area (Å²) in [5.74, 6) is 1.97. The molecule has 1 saturated heterocycles. The number of aromatic nitrogens is 4. The topological polar surface area (TPSA) is 76.5 Å². The molecule has 5 rings (SSSR count). The van der Waals surface area contributed by atoms with Gasteiger partial charge >= 0.3 is 0 Å². The number of likely N-dealkylation sites (tertiary alicyclic amines) is 1. The maximum absolute atomic E-state index is 12.7. The molecule has 29 heavy (non-hydrogen) atoms. The quantitative estimate of drug-likeness (QED) is 0.536. The predicted octanol–water partition coefficient (Wildman–Crippen LogP) is 3.71. The van der Waals surface area contributed by atoms with Crippen molar-refractivity contribution in [2.75, 3.05) is 13.1 Å². The van der Waals surface area contributed by atoms with Crippen LogP contribution >= 0.6 is 0 Å². The molecule has 1 aliphatic heterocycles. The molecule has 1 aliphatic rings. The Hall–Kier alpha value is -3.48. The summed E-state index contributed by atoms with van der Waals surface area (Å²) in [6, 6.07) is 11.5. The molecule has 1 amide bonds. The van der Waals surface area contributed by atoms with Crippen LogP contribution in [0.15, 0.2) is 59.4 Å². The molecule has 0 bridgehead atoms. The molecule has 1 atom stereocenters. The molecule has 0 unspecified atom stereocenters. The summed E-state index contributed by atoms with van der Waals surface area (Å²) >= 11 is 0. The zero-order valence-corrected chi connectivity index (χ0v) is 16.2. The van der Waals surface area contributed by atoms with E-state index < -0.39 is 0 Å². The van der Waals surface area contributed by atoms with Gasteiger partial charge in [-0.05, 0) is 50.1 Å². The molecule has 0 radical (unpaired) electrons. The first kappa shape index (κ1) is 17.6. The highest BCUT2D eigenvalue weighted by Gasteiger charge is 2.29. The number of hydrogen-bond acceptors (Lipinski definition) is 5. The molecule has 0 saturated carbocycles. The van der Waals surface area contributed by atoms with Crippen LogP contribution < -0.4 is 0 Å². The Kier molecular flexibility index (Phi) is 4.35. The first-order valence-electron chi connectivity index (χ1n) is 9.80. The Bertz CT molecular complexity index is 1160. The van der Waals surface area contributed by atoms with Gasteiger partial charge in [0.25, 0.3) is 5.91 Å². The molecule has 4 aromatic heterocycles. The second-order valence-electron chi connectivity index (χ2n) is 7.43. The maximum atomic E-state index is 12.7. The molecule has 4 aromatic rings. The highest BCUT2D eigenvalue weighted by Crippen LogP contribution is 2.27. The van der Waals surface area contributed by atoms with Crippen molar-refractivity contribution in [1.29, 1.82) is 0 Å². The summed E-state index contributed by atoms with van der Waals surface area (Å²) < 4.78 is 7.32. The molecular weight excluding hydrogens is 366 g/mol. The van der Waals surface area contributed by atoms with Gasteiger partial charge in [0.1, 0.15) is 5.76 Å². The molecule has 5 heterocycles. The van der Waals surface area contributed by atoms with Crippen molar-refractivity contribution < 1.29 is 9.21 Å². The summed E-state index contributed by atoms with van der Waals surface area (Å²) in [6.07, 6.45) is 7.45. The molecule has 0 spiro atoms. The summed E-state index contributed by atoms with van der Waals surface area (Å²) in [5.41, 5.74) is 2.88. The Morgan fingerprint density at radius 1 is 1.17 bits per heavy atom. The van der Waals surface area contributed by atoms with Crippen LogP contribution in [0, 0.1) is 6.92 Å². The van der Waals surface area contributed by atoms with Crippen LogP contribution in [0.4, 0.5) is 0 Å². The van der Waals surface area contributed by atoms with Gasteiger partial charge in [-0.1, -0.05) is 6.07 Å². The van der Waals surface area contributed by atoms with Crippen LogP contribution in [0.1, 0.15) is 40.9 Å². The first-order valence-corrected chi connectivity index (χ1v) is 9.80. The van der Waals surface area contributed by atoms with E-state index in [0.717, 1.165) is 47.7 Å². The van der Waals surface area contributed by atoms with Crippen LogP contribution in [-0.4, -0.2) is 43.5 Å². The predicted molar refractivity (Wildman–Crippen MR) is 108 cm³/mol. The largest absolute Gasteiger partial charge is 0.456 e. The number of carbonyl (C=O) groups excluding carboxylic acids is 1. The molecule has 7 nitrogen and oxygen atoms in total. The van der Waals surface area contributed by atoms with E-state index in [2.05, 4.69) is 4.98 Å². The van der Waals surface area contributed by atoms with Crippen molar-refractivity contribution in [2.24, 2.45) is 0 Å². The zero-order valence-electron chi connectivity index (χ0n) is 16.2. The van der Waals surface area contributed by atoms with E-state index in [9.17, 15) is 4.79 Å². The third-order valence-electron chi connectivity index (χ3n) is 5.37. The van der Waals surface area contributed by atoms with E-state index in [-0.39, 0.29) is 11.8 Å². The minimum Gasteiger partial charge on any atom is -0.456 e. The first-order chi connectivity index (χ1) is 14.2. The molecule has 0 aliphatic carbocycles. The number of hydrogen-bond donors (Lipinski definition) is 0. The molecule has 0 aromatic carbocycles. The third-order valence-corrected chi connectivity index (χ3v) is 5.37. The van der Waals surface area contributed by atoms with Gasteiger partial charge in [-0.15, -0.1) is 0 Å². The average molecular weight is 387 g/mol. The summed E-state index contributed by atoms with van der Waals surface area (Å²) in [5, 5.41) is 4.72. The standard InChI is InChI=1S/C22H21N5O2/c1-15-6-8-19(29-15)22(28)26-11-3-5-18(13-26)21-24-20-9-7-17(14-27(20)25-21)16-4-2-10-23-12-16/h2,4,6-10,12,14,18H,3,5,11,13H2,1H3/t18-/m0/s1. The number of furan rings is 1. The fourth-order valence-electron chi connectivity index (χ4n) is 3.86. The van der Waals surface area contributed by atoms with Gasteiger partial charge in [0.05, 0.1) is 0 Å². The van der Waals surface area contributed by atoms with Crippen LogP contribution in [0.5, 0.6) is 0 Å². The minimum atomic E-state index is -0.0644. The van der Waals surface area contributed by atoms with Crippen LogP contribution in [0.3, 0.4) is 0 Å². The fourth-order valence-corrected chi connectivity index (χ4v) is 3.86. The van der Waals surface area contributed by atoms with Crippen LogP contribution in [-0.2, 0) is 0 Å². The van der Waals surface area contributed by atoms with E-state index >= 15 is 0 Å². The van der Waals surface area contributed by atoms with Gasteiger partial charge < -0.3 is 9.32 Å². The smallest absolute Gasteiger partial charge is 0.289 e. The van der Waals surface area contributed by atoms with Crippen LogP contribution in [0.2, 0.25) is 0 Å². The SMILES string of the molecule is Cc1ccc(C(=O)N2CCC[C@H](c3nc4ccc(-c5cccnc5)cn4n3)C2)o1. The lowest BCUT2D eigenvalue weighted by Gasteiger charge is -2.30. The zero-order chi connectivity index (χ0) is 19.8. The minimum absolute atomic E-state index is 0.0644. The number of piperidine rings is 1. The van der Waals surface area contributed by atoms with Gasteiger partial charge in [-0.3, -0.25) is 9.78 Å². The Balaban J connectivity index is 1.39. The average Bonchev–Trinajstić information content (AvgIpc) is 3.39. The Morgan fingerprint density at radius 3 is 2.90 bits per heavy atom. The Labute approximate surface area is 168 Å². The summed E-state index contributed by atoms with van der Waals surface area (Å²) in [7, 11) is 0. The number of aryl methyl sites for hydroxylation is 1. The van der Waals surface area contributed by atoms with Crippen molar-refractivity contribution in [3.05, 3.63) is 72.3 Å². The van der Waals surface area contributed by atoms with E-state index in [1.165, 1.54) is 0 Å². The number of rotatable bonds is 3. The second-order valence-corrected chi connectivity index (χ2v) is 7.43. The van der Waals surface area contributed by atoms with E-state index in [4.69, 9.17) is 14.5 Å². The summed E-state index contributed by atoms with van der Waals surface area (Å²) in [6.45, 7) is 3.18. The number of fused-ring (bicyclic) bond motifs is 1. The highest BCUT2D eigenvalue weighted by atomic mass is 16.3. The summed E-state index contributed by atoms with van der Waals surface area (Å²) in [4.78, 5) is 23.5. The lowest BCUT2D eigenvalue weighted by Crippen LogP contribution is -2.39. The van der Waals surface area contributed by atoms with Crippen molar-refractivity contribution in [2.45, 2.75) is 25.7 Å².